The van der Waals surface area contributed by atoms with Gasteiger partial charge in [-0.05, 0) is 20.9 Å². The summed E-state index contributed by atoms with van der Waals surface area (Å²) in [6, 6.07) is 2.25. The Morgan fingerprint density at radius 1 is 0.800 bits per heavy atom. The van der Waals surface area contributed by atoms with E-state index >= 15 is 0 Å². The van der Waals surface area contributed by atoms with Crippen molar-refractivity contribution in [2.45, 2.75) is 37.8 Å². The molecule has 0 saturated carbocycles. The zero-order chi connectivity index (χ0) is 10.5. The first-order valence-corrected chi connectivity index (χ1v) is 8.20. The molecule has 0 saturated heterocycles. The molecule has 0 aliphatic rings. The van der Waals surface area contributed by atoms with Gasteiger partial charge in [-0.3, -0.25) is 0 Å². The first-order valence-electron chi connectivity index (χ1n) is 4.93. The van der Waals surface area contributed by atoms with Gasteiger partial charge in [-0.2, -0.15) is 0 Å². The van der Waals surface area contributed by atoms with Crippen molar-refractivity contribution in [3.05, 3.63) is 20.9 Å². The molecule has 0 bridgehead atoms. The molecule has 9 heteroatoms. The zero-order valence-corrected chi connectivity index (χ0v) is 11.2. The molecule has 0 spiro atoms. The van der Waals surface area contributed by atoms with E-state index in [-0.39, 0.29) is 51.4 Å². The van der Waals surface area contributed by atoms with Crippen LogP contribution in [0.4, 0.5) is 0 Å². The van der Waals surface area contributed by atoms with Crippen molar-refractivity contribution in [2.24, 2.45) is 9.56 Å². The van der Waals surface area contributed by atoms with E-state index in [1.165, 1.54) is 25.7 Å². The van der Waals surface area contributed by atoms with Crippen molar-refractivity contribution >= 4 is 70.7 Å². The SMILES string of the molecule is [KH].[N-]=[N+]=N[SiH2]CCCCCC[SiH2]N=[N+]=[N-]. The summed E-state index contributed by atoms with van der Waals surface area (Å²) in [4.78, 5) is 5.50. The molecule has 0 fully saturated rings. The van der Waals surface area contributed by atoms with Crippen LogP contribution in [0.15, 0.2) is 9.56 Å². The summed E-state index contributed by atoms with van der Waals surface area (Å²) >= 11 is 0. The molecular weight excluding hydrogens is 251 g/mol. The number of azide groups is 2. The average molecular weight is 269 g/mol. The standard InChI is InChI=1S/C6H16N6Si2.K.H/c7-9-11-13-5-3-1-2-4-6-14-12-10-8;;/h1-6,13-14H2;;. The smallest absolute Gasteiger partial charge is 0.124 e. The molecule has 0 atom stereocenters. The Bertz CT molecular complexity index is 202. The van der Waals surface area contributed by atoms with E-state index in [0.29, 0.717) is 0 Å². The third kappa shape index (κ3) is 17.3. The topological polar surface area (TPSA) is 97.5 Å². The van der Waals surface area contributed by atoms with Crippen LogP contribution in [0.25, 0.3) is 20.9 Å². The van der Waals surface area contributed by atoms with Crippen molar-refractivity contribution in [2.75, 3.05) is 0 Å². The van der Waals surface area contributed by atoms with Crippen molar-refractivity contribution in [3.63, 3.8) is 0 Å². The van der Waals surface area contributed by atoms with Crippen molar-refractivity contribution in [1.29, 1.82) is 0 Å². The summed E-state index contributed by atoms with van der Waals surface area (Å²) < 4.78 is 7.20. The number of hydrogen-bond donors (Lipinski definition) is 0. The van der Waals surface area contributed by atoms with Crippen molar-refractivity contribution < 1.29 is 0 Å². The second kappa shape index (κ2) is 17.1. The Balaban J connectivity index is 0. The summed E-state index contributed by atoms with van der Waals surface area (Å²) in [7, 11) is -0.972. The molecule has 15 heavy (non-hydrogen) atoms. The van der Waals surface area contributed by atoms with Gasteiger partial charge in [0.15, 0.2) is 0 Å². The Morgan fingerprint density at radius 2 is 1.20 bits per heavy atom. The Hall–Kier alpha value is 0.690. The van der Waals surface area contributed by atoms with E-state index in [2.05, 4.69) is 19.4 Å². The minimum atomic E-state index is -0.486. The van der Waals surface area contributed by atoms with E-state index in [9.17, 15) is 0 Å². The summed E-state index contributed by atoms with van der Waals surface area (Å²) in [5, 5.41) is 0. The van der Waals surface area contributed by atoms with Crippen LogP contribution >= 0.6 is 0 Å². The van der Waals surface area contributed by atoms with Crippen LogP contribution in [0.2, 0.25) is 12.1 Å². The maximum atomic E-state index is 8.05. The van der Waals surface area contributed by atoms with Gasteiger partial charge in [-0.15, -0.1) is 9.56 Å². The zero-order valence-electron chi connectivity index (χ0n) is 8.34. The second-order valence-corrected chi connectivity index (χ2v) is 5.90. The van der Waals surface area contributed by atoms with E-state index in [1.807, 2.05) is 0 Å². The average Bonchev–Trinajstić information content (AvgIpc) is 2.21. The fourth-order valence-electron chi connectivity index (χ4n) is 1.16. The largest absolute Gasteiger partial charge is 0.132 e. The molecule has 0 aliphatic carbocycles. The molecule has 0 aromatic carbocycles. The second-order valence-electron chi connectivity index (χ2n) is 3.03. The number of nitrogens with zero attached hydrogens (tertiary/aromatic N) is 6. The van der Waals surface area contributed by atoms with Gasteiger partial charge >= 0.3 is 51.4 Å². The minimum absolute atomic E-state index is 0. The fraction of sp³-hybridized carbons (Fsp3) is 1.00. The third-order valence-corrected chi connectivity index (χ3v) is 4.18. The van der Waals surface area contributed by atoms with Gasteiger partial charge in [0, 0.05) is 0 Å². The molecule has 0 unspecified atom stereocenters. The van der Waals surface area contributed by atoms with Gasteiger partial charge in [0.2, 0.25) is 0 Å². The predicted octanol–water partition coefficient (Wildman–Crippen LogP) is 1.52. The molecule has 0 heterocycles. The van der Waals surface area contributed by atoms with E-state index in [1.54, 1.807) is 0 Å². The molecule has 0 aromatic rings. The monoisotopic (exact) mass is 268 g/mol. The van der Waals surface area contributed by atoms with Crippen molar-refractivity contribution in [1.82, 2.24) is 0 Å². The van der Waals surface area contributed by atoms with Crippen LogP contribution in [-0.4, -0.2) is 70.7 Å². The first-order chi connectivity index (χ1) is 6.91. The number of unbranched alkanes of at least 4 members (excludes halogenated alkanes) is 3. The number of rotatable bonds is 9. The molecule has 80 valence electrons. The van der Waals surface area contributed by atoms with Crippen LogP contribution in [0, 0.1) is 0 Å². The Morgan fingerprint density at radius 3 is 1.53 bits per heavy atom. The predicted molar refractivity (Wildman–Crippen MR) is 70.6 cm³/mol. The van der Waals surface area contributed by atoms with Gasteiger partial charge in [-0.1, -0.05) is 37.8 Å². The van der Waals surface area contributed by atoms with E-state index in [4.69, 9.17) is 11.1 Å². The molecule has 0 N–H and O–H groups in total. The molecule has 0 amide bonds. The van der Waals surface area contributed by atoms with E-state index < -0.39 is 19.4 Å². The summed E-state index contributed by atoms with van der Waals surface area (Å²) in [5.74, 6) is 0. The molecular formula is C6H17KN6Si2. The molecule has 6 nitrogen and oxygen atoms in total. The van der Waals surface area contributed by atoms with Gasteiger partial charge in [0.1, 0.15) is 19.4 Å². The third-order valence-electron chi connectivity index (χ3n) is 1.89. The molecule has 0 aromatic heterocycles. The van der Waals surface area contributed by atoms with Crippen LogP contribution < -0.4 is 0 Å². The molecule has 0 rings (SSSR count). The number of hydrogen-bond acceptors (Lipinski definition) is 2. The fourth-order valence-corrected chi connectivity index (χ4v) is 2.78. The summed E-state index contributed by atoms with van der Waals surface area (Å²) in [6.07, 6.45) is 4.82. The van der Waals surface area contributed by atoms with Crippen LogP contribution in [0.5, 0.6) is 0 Å². The van der Waals surface area contributed by atoms with Gasteiger partial charge in [0.25, 0.3) is 0 Å². The Kier molecular flexibility index (Phi) is 20.6. The quantitative estimate of drug-likeness (QED) is 0.199. The summed E-state index contributed by atoms with van der Waals surface area (Å²) in [6.45, 7) is 0. The molecule has 0 aliphatic heterocycles. The van der Waals surface area contributed by atoms with Crippen LogP contribution in [0.1, 0.15) is 25.7 Å². The molecule has 0 radical (unpaired) electrons. The van der Waals surface area contributed by atoms with E-state index in [0.717, 1.165) is 12.1 Å². The van der Waals surface area contributed by atoms with Crippen LogP contribution in [0.3, 0.4) is 0 Å². The maximum Gasteiger partial charge on any atom is 0.124 e. The van der Waals surface area contributed by atoms with Gasteiger partial charge < -0.3 is 0 Å². The normalized spacial score (nSPS) is 9.87. The first kappa shape index (κ1) is 18.1. The van der Waals surface area contributed by atoms with Gasteiger partial charge in [0.05, 0.1) is 0 Å². The minimum Gasteiger partial charge on any atom is -0.132 e. The Labute approximate surface area is 137 Å². The van der Waals surface area contributed by atoms with Gasteiger partial charge in [-0.25, -0.2) is 0 Å². The summed E-state index contributed by atoms with van der Waals surface area (Å²) in [5.41, 5.74) is 16.1. The van der Waals surface area contributed by atoms with Crippen LogP contribution in [-0.2, 0) is 0 Å². The maximum absolute atomic E-state index is 8.05. The van der Waals surface area contributed by atoms with Crippen molar-refractivity contribution in [3.8, 4) is 0 Å².